The minimum absolute atomic E-state index is 0.281. The Morgan fingerprint density at radius 2 is 1.62 bits per heavy atom. The van der Waals surface area contributed by atoms with Crippen molar-refractivity contribution < 1.29 is 25.9 Å². The van der Waals surface area contributed by atoms with Crippen molar-refractivity contribution in [3.05, 3.63) is 22.5 Å². The lowest BCUT2D eigenvalue weighted by Gasteiger charge is -1.99. The third-order valence-corrected chi connectivity index (χ3v) is 2.67. The fourth-order valence-corrected chi connectivity index (χ4v) is 1.62. The van der Waals surface area contributed by atoms with E-state index < -0.39 is 25.1 Å². The Morgan fingerprint density at radius 3 is 1.85 bits per heavy atom. The zero-order chi connectivity index (χ0) is 10.9. The molecule has 0 atom stereocenters. The molecule has 0 saturated heterocycles. The second kappa shape index (κ2) is 3.58. The van der Waals surface area contributed by atoms with Crippen LogP contribution in [0.3, 0.4) is 0 Å². The van der Waals surface area contributed by atoms with Crippen LogP contribution in [0.15, 0.2) is 22.5 Å². The summed E-state index contributed by atoms with van der Waals surface area (Å²) in [6.45, 7) is 4.00. The van der Waals surface area contributed by atoms with Gasteiger partial charge in [-0.1, -0.05) is 6.58 Å². The van der Waals surface area contributed by atoms with Crippen LogP contribution in [0.2, 0.25) is 0 Å². The molecule has 0 aliphatic heterocycles. The summed E-state index contributed by atoms with van der Waals surface area (Å²) in [6, 6.07) is 0. The monoisotopic (exact) mass is 228 g/mol. The number of hydrogen-bond donors (Lipinski definition) is 2. The van der Waals surface area contributed by atoms with Crippen LogP contribution in [0, 0.1) is 0 Å². The van der Waals surface area contributed by atoms with Gasteiger partial charge in [0, 0.05) is 0 Å². The van der Waals surface area contributed by atoms with E-state index >= 15 is 0 Å². The van der Waals surface area contributed by atoms with Gasteiger partial charge in [0.05, 0.1) is 10.3 Å². The van der Waals surface area contributed by atoms with Crippen molar-refractivity contribution in [2.75, 3.05) is 0 Å². The van der Waals surface area contributed by atoms with E-state index in [0.29, 0.717) is 0 Å². The van der Waals surface area contributed by atoms with E-state index in [1.165, 1.54) is 0 Å². The van der Waals surface area contributed by atoms with E-state index in [9.17, 15) is 16.8 Å². The fourth-order valence-electron chi connectivity index (χ4n) is 0.493. The molecule has 8 heteroatoms. The van der Waals surface area contributed by atoms with Crippen LogP contribution in [0.25, 0.3) is 0 Å². The lowest BCUT2D eigenvalue weighted by molar-refractivity contribution is 0.491. The Morgan fingerprint density at radius 1 is 1.23 bits per heavy atom. The average Bonchev–Trinajstić information content (AvgIpc) is 1.79. The van der Waals surface area contributed by atoms with Gasteiger partial charge in [-0.15, -0.1) is 0 Å². The van der Waals surface area contributed by atoms with Gasteiger partial charge in [0.2, 0.25) is 0 Å². The molecule has 0 saturated carbocycles. The first-order valence-electron chi connectivity index (χ1n) is 2.86. The summed E-state index contributed by atoms with van der Waals surface area (Å²) in [5.41, 5.74) is -0.356. The summed E-state index contributed by atoms with van der Waals surface area (Å²) >= 11 is 0. The van der Waals surface area contributed by atoms with E-state index in [4.69, 9.17) is 9.11 Å². The van der Waals surface area contributed by atoms with Gasteiger partial charge in [-0.2, -0.15) is 16.8 Å². The fraction of sp³-hybridized carbons (Fsp3) is 0.200. The summed E-state index contributed by atoms with van der Waals surface area (Å²) in [4.78, 5) is -0.773. The van der Waals surface area contributed by atoms with Crippen LogP contribution < -0.4 is 0 Å². The predicted molar refractivity (Wildman–Crippen MR) is 46.0 cm³/mol. The molecule has 0 fully saturated rings. The highest BCUT2D eigenvalue weighted by Crippen LogP contribution is 2.13. The highest BCUT2D eigenvalue weighted by Gasteiger charge is 2.14. The topological polar surface area (TPSA) is 109 Å². The molecule has 0 aromatic rings. The molecule has 6 nitrogen and oxygen atoms in total. The van der Waals surface area contributed by atoms with Crippen LogP contribution in [-0.2, 0) is 20.2 Å². The van der Waals surface area contributed by atoms with E-state index in [1.807, 2.05) is 0 Å². The van der Waals surface area contributed by atoms with Crippen molar-refractivity contribution in [1.29, 1.82) is 0 Å². The molecule has 0 aliphatic rings. The maximum absolute atomic E-state index is 10.4. The zero-order valence-corrected chi connectivity index (χ0v) is 8.26. The molecule has 0 bridgehead atoms. The maximum Gasteiger partial charge on any atom is 0.294 e. The Labute approximate surface area is 76.1 Å². The second-order valence-electron chi connectivity index (χ2n) is 2.21. The molecule has 0 radical (unpaired) electrons. The van der Waals surface area contributed by atoms with Crippen molar-refractivity contribution in [2.45, 2.75) is 6.92 Å². The normalized spacial score (nSPS) is 14.2. The van der Waals surface area contributed by atoms with Crippen LogP contribution >= 0.6 is 0 Å². The smallest absolute Gasteiger partial charge is 0.282 e. The van der Waals surface area contributed by atoms with Crippen LogP contribution in [0.4, 0.5) is 0 Å². The van der Waals surface area contributed by atoms with Gasteiger partial charge in [0.25, 0.3) is 20.2 Å². The molecule has 13 heavy (non-hydrogen) atoms. The van der Waals surface area contributed by atoms with Crippen molar-refractivity contribution in [2.24, 2.45) is 0 Å². The molecule has 0 aromatic heterocycles. The number of rotatable bonds is 3. The van der Waals surface area contributed by atoms with Crippen molar-refractivity contribution in [3.63, 3.8) is 0 Å². The van der Waals surface area contributed by atoms with Gasteiger partial charge >= 0.3 is 0 Å². The van der Waals surface area contributed by atoms with Gasteiger partial charge in [-0.05, 0) is 12.5 Å². The minimum Gasteiger partial charge on any atom is -0.282 e. The molecule has 0 amide bonds. The van der Waals surface area contributed by atoms with Crippen molar-refractivity contribution >= 4 is 20.2 Å². The van der Waals surface area contributed by atoms with Crippen molar-refractivity contribution in [1.82, 2.24) is 0 Å². The molecule has 76 valence electrons. The van der Waals surface area contributed by atoms with Gasteiger partial charge in [0.15, 0.2) is 0 Å². The zero-order valence-electron chi connectivity index (χ0n) is 6.63. The summed E-state index contributed by atoms with van der Waals surface area (Å²) < 4.78 is 58.0. The van der Waals surface area contributed by atoms with Gasteiger partial charge in [-0.3, -0.25) is 9.11 Å². The largest absolute Gasteiger partial charge is 0.294 e. The molecule has 2 N–H and O–H groups in total. The first-order chi connectivity index (χ1) is 5.54. The first-order valence-corrected chi connectivity index (χ1v) is 5.81. The minimum atomic E-state index is -4.51. The summed E-state index contributed by atoms with van der Waals surface area (Å²) in [6.07, 6.45) is 0. The molecule has 0 rings (SSSR count). The van der Waals surface area contributed by atoms with Gasteiger partial charge < -0.3 is 0 Å². The van der Waals surface area contributed by atoms with Crippen molar-refractivity contribution in [3.8, 4) is 0 Å². The first kappa shape index (κ1) is 12.3. The Hall–Kier alpha value is -0.700. The quantitative estimate of drug-likeness (QED) is 0.526. The third-order valence-electron chi connectivity index (χ3n) is 1.08. The van der Waals surface area contributed by atoms with E-state index in [-0.39, 0.29) is 11.0 Å². The van der Waals surface area contributed by atoms with Crippen LogP contribution in [0.5, 0.6) is 0 Å². The lowest BCUT2D eigenvalue weighted by Crippen LogP contribution is -2.03. The molecular formula is C5H8O6S2. The van der Waals surface area contributed by atoms with Gasteiger partial charge in [-0.25, -0.2) is 0 Å². The van der Waals surface area contributed by atoms with Crippen LogP contribution in [-0.4, -0.2) is 25.9 Å². The lowest BCUT2D eigenvalue weighted by atomic mass is 10.3. The molecule has 0 aliphatic carbocycles. The average molecular weight is 228 g/mol. The third kappa shape index (κ3) is 4.78. The highest BCUT2D eigenvalue weighted by atomic mass is 32.2. The number of allylic oxidation sites excluding steroid dienone is 1. The Bertz CT molecular complexity index is 437. The Balaban J connectivity index is 5.19. The van der Waals surface area contributed by atoms with E-state index in [1.54, 1.807) is 0 Å². The number of hydrogen-bond acceptors (Lipinski definition) is 4. The molecular weight excluding hydrogens is 220 g/mol. The standard InChI is InChI=1S/C5H8O6S2/c1-4(3-12(6,7)8)5(2)13(9,10)11/h3H,2H2,1H3,(H,6,7,8)(H,9,10,11). The highest BCUT2D eigenvalue weighted by molar-refractivity contribution is 7.90. The van der Waals surface area contributed by atoms with E-state index in [2.05, 4.69) is 6.58 Å². The molecule has 0 unspecified atom stereocenters. The predicted octanol–water partition coefficient (Wildman–Crippen LogP) is 0.180. The summed E-state index contributed by atoms with van der Waals surface area (Å²) in [5, 5.41) is 0.281. The molecule has 0 heterocycles. The Kier molecular flexibility index (Phi) is 3.39. The maximum atomic E-state index is 10.4. The second-order valence-corrected chi connectivity index (χ2v) is 4.92. The van der Waals surface area contributed by atoms with Gasteiger partial charge in [0.1, 0.15) is 0 Å². The molecule has 0 aromatic carbocycles. The molecule has 0 spiro atoms. The summed E-state index contributed by atoms with van der Waals surface area (Å²) in [7, 11) is -8.94. The summed E-state index contributed by atoms with van der Waals surface area (Å²) in [5.74, 6) is 0. The van der Waals surface area contributed by atoms with E-state index in [0.717, 1.165) is 6.92 Å². The van der Waals surface area contributed by atoms with Crippen LogP contribution in [0.1, 0.15) is 6.92 Å². The SMILES string of the molecule is C=C(C(C)=CS(=O)(=O)O)S(=O)(=O)O.